The Morgan fingerprint density at radius 2 is 1.73 bits per heavy atom. The number of nitrogens with one attached hydrogen (secondary N) is 1. The second-order valence-electron chi connectivity index (χ2n) is 5.15. The molecule has 0 radical (unpaired) electrons. The molecular formula is C18H17N3O4S. The predicted molar refractivity (Wildman–Crippen MR) is 102 cm³/mol. The number of hydrogen-bond donors (Lipinski definition) is 1. The van der Waals surface area contributed by atoms with Crippen molar-refractivity contribution >= 4 is 34.6 Å². The molecule has 8 heteroatoms. The van der Waals surface area contributed by atoms with Crippen LogP contribution in [0.3, 0.4) is 0 Å². The monoisotopic (exact) mass is 371 g/mol. The Morgan fingerprint density at radius 1 is 1.08 bits per heavy atom. The molecule has 1 aromatic heterocycles. The number of benzene rings is 1. The number of aliphatic imine (C=N–C) groups is 1. The van der Waals surface area contributed by atoms with Crippen LogP contribution >= 0.6 is 11.8 Å². The highest BCUT2D eigenvalue weighted by Crippen LogP contribution is 2.41. The predicted octanol–water partition coefficient (Wildman–Crippen LogP) is 3.63. The minimum atomic E-state index is -0.184. The second-order valence-corrected chi connectivity index (χ2v) is 6.16. The third-order valence-corrected chi connectivity index (χ3v) is 4.37. The van der Waals surface area contributed by atoms with Gasteiger partial charge >= 0.3 is 0 Å². The number of aromatic nitrogens is 1. The summed E-state index contributed by atoms with van der Waals surface area (Å²) in [5.74, 6) is 1.92. The third-order valence-electron chi connectivity index (χ3n) is 3.55. The van der Waals surface area contributed by atoms with Crippen molar-refractivity contribution in [3.8, 4) is 17.2 Å². The normalized spacial score (nSPS) is 16.7. The number of carbonyl (C=O) groups excluding carboxylic acids is 1. The minimum Gasteiger partial charge on any atom is -0.493 e. The van der Waals surface area contributed by atoms with E-state index in [2.05, 4.69) is 15.3 Å². The van der Waals surface area contributed by atoms with E-state index in [0.29, 0.717) is 28.8 Å². The fraction of sp³-hybridized carbons (Fsp3) is 0.167. The molecule has 2 aromatic rings. The van der Waals surface area contributed by atoms with Gasteiger partial charge in [0, 0.05) is 24.5 Å². The molecule has 0 unspecified atom stereocenters. The van der Waals surface area contributed by atoms with Gasteiger partial charge in [0.1, 0.15) is 5.84 Å². The van der Waals surface area contributed by atoms with E-state index in [4.69, 9.17) is 14.2 Å². The highest BCUT2D eigenvalue weighted by atomic mass is 32.2. The molecule has 1 saturated heterocycles. The second kappa shape index (κ2) is 7.92. The van der Waals surface area contributed by atoms with Crippen molar-refractivity contribution in [2.75, 3.05) is 21.3 Å². The van der Waals surface area contributed by atoms with Gasteiger partial charge in [0.25, 0.3) is 5.24 Å². The van der Waals surface area contributed by atoms with E-state index in [9.17, 15) is 4.79 Å². The molecule has 134 valence electrons. The van der Waals surface area contributed by atoms with Crippen molar-refractivity contribution in [3.63, 3.8) is 0 Å². The summed E-state index contributed by atoms with van der Waals surface area (Å²) in [6.07, 6.45) is 5.26. The van der Waals surface area contributed by atoms with E-state index >= 15 is 0 Å². The highest BCUT2D eigenvalue weighted by molar-refractivity contribution is 8.18. The lowest BCUT2D eigenvalue weighted by Gasteiger charge is -2.12. The summed E-state index contributed by atoms with van der Waals surface area (Å²) in [5.41, 5.74) is 1.49. The Labute approximate surface area is 155 Å². The molecule has 1 aromatic carbocycles. The summed E-state index contributed by atoms with van der Waals surface area (Å²) < 4.78 is 16.0. The van der Waals surface area contributed by atoms with Gasteiger partial charge in [-0.05, 0) is 35.5 Å². The van der Waals surface area contributed by atoms with E-state index < -0.39 is 0 Å². The first-order valence-corrected chi connectivity index (χ1v) is 8.46. The maximum Gasteiger partial charge on any atom is 0.289 e. The van der Waals surface area contributed by atoms with Gasteiger partial charge < -0.3 is 19.5 Å². The van der Waals surface area contributed by atoms with Gasteiger partial charge in [-0.15, -0.1) is 0 Å². The molecule has 2 heterocycles. The van der Waals surface area contributed by atoms with Gasteiger partial charge in [-0.3, -0.25) is 9.78 Å². The number of nitrogens with zero attached hydrogens (tertiary/aromatic N) is 2. The number of carbonyl (C=O) groups is 1. The van der Waals surface area contributed by atoms with Crippen molar-refractivity contribution in [2.24, 2.45) is 4.99 Å². The fourth-order valence-electron chi connectivity index (χ4n) is 2.38. The maximum absolute atomic E-state index is 11.8. The van der Waals surface area contributed by atoms with Crippen LogP contribution in [0.5, 0.6) is 17.2 Å². The number of hydrogen-bond acceptors (Lipinski definition) is 7. The van der Waals surface area contributed by atoms with Crippen LogP contribution in [0.2, 0.25) is 0 Å². The summed E-state index contributed by atoms with van der Waals surface area (Å²) in [5, 5.41) is 2.57. The van der Waals surface area contributed by atoms with E-state index in [0.717, 1.165) is 22.2 Å². The Kier molecular flexibility index (Phi) is 5.43. The molecule has 0 saturated carbocycles. The van der Waals surface area contributed by atoms with Crippen molar-refractivity contribution in [3.05, 3.63) is 47.1 Å². The maximum atomic E-state index is 11.8. The smallest absolute Gasteiger partial charge is 0.289 e. The number of methoxy groups -OCH3 is 3. The van der Waals surface area contributed by atoms with Crippen LogP contribution in [0.15, 0.2) is 46.6 Å². The summed E-state index contributed by atoms with van der Waals surface area (Å²) in [6.45, 7) is 0. The van der Waals surface area contributed by atoms with Gasteiger partial charge in [-0.25, -0.2) is 4.99 Å². The standard InChI is InChI=1S/C18H17N3O4S/c1-23-13-9-12(10-14(24-2)16(13)25-3)20-17-15(26-18(22)21-17)8-11-4-6-19-7-5-11/h4-10H,1-3H3,(H,20,21,22)/b15-8-. The molecule has 7 nitrogen and oxygen atoms in total. The molecule has 1 aliphatic rings. The Morgan fingerprint density at radius 3 is 2.31 bits per heavy atom. The van der Waals surface area contributed by atoms with Gasteiger partial charge in [0.15, 0.2) is 11.5 Å². The zero-order chi connectivity index (χ0) is 18.5. The van der Waals surface area contributed by atoms with E-state index in [-0.39, 0.29) is 5.24 Å². The third kappa shape index (κ3) is 3.80. The zero-order valence-corrected chi connectivity index (χ0v) is 15.3. The molecule has 3 rings (SSSR count). The quantitative estimate of drug-likeness (QED) is 0.864. The minimum absolute atomic E-state index is 0.184. The first kappa shape index (κ1) is 17.8. The molecule has 0 spiro atoms. The van der Waals surface area contributed by atoms with Crippen molar-refractivity contribution in [1.82, 2.24) is 10.3 Å². The summed E-state index contributed by atoms with van der Waals surface area (Å²) in [6, 6.07) is 7.14. The number of amidine groups is 1. The number of pyridine rings is 1. The van der Waals surface area contributed by atoms with Crippen LogP contribution in [-0.4, -0.2) is 37.4 Å². The Balaban J connectivity index is 2.02. The average molecular weight is 371 g/mol. The number of rotatable bonds is 5. The lowest BCUT2D eigenvalue weighted by atomic mass is 10.2. The van der Waals surface area contributed by atoms with Crippen LogP contribution in [0.1, 0.15) is 5.56 Å². The Bertz CT molecular complexity index is 856. The van der Waals surface area contributed by atoms with Crippen LogP contribution < -0.4 is 19.5 Å². The van der Waals surface area contributed by atoms with E-state index in [1.165, 1.54) is 21.3 Å². The summed E-state index contributed by atoms with van der Waals surface area (Å²) >= 11 is 1.09. The lowest BCUT2D eigenvalue weighted by molar-refractivity contribution is 0.265. The van der Waals surface area contributed by atoms with Crippen LogP contribution in [0.25, 0.3) is 6.08 Å². The molecule has 1 N–H and O–H groups in total. The summed E-state index contributed by atoms with van der Waals surface area (Å²) in [4.78, 5) is 21.1. The molecular weight excluding hydrogens is 354 g/mol. The fourth-order valence-corrected chi connectivity index (χ4v) is 3.12. The van der Waals surface area contributed by atoms with Gasteiger partial charge in [0.2, 0.25) is 5.75 Å². The lowest BCUT2D eigenvalue weighted by Crippen LogP contribution is -2.18. The van der Waals surface area contributed by atoms with Crippen molar-refractivity contribution in [2.45, 2.75) is 0 Å². The molecule has 26 heavy (non-hydrogen) atoms. The Hall–Kier alpha value is -3.00. The molecule has 0 atom stereocenters. The van der Waals surface area contributed by atoms with Crippen molar-refractivity contribution in [1.29, 1.82) is 0 Å². The topological polar surface area (TPSA) is 82.0 Å². The first-order valence-electron chi connectivity index (χ1n) is 7.64. The average Bonchev–Trinajstić information content (AvgIpc) is 3.00. The van der Waals surface area contributed by atoms with E-state index in [1.54, 1.807) is 24.5 Å². The molecule has 0 aliphatic carbocycles. The first-order chi connectivity index (χ1) is 12.6. The molecule has 0 bridgehead atoms. The van der Waals surface area contributed by atoms with Crippen molar-refractivity contribution < 1.29 is 19.0 Å². The summed E-state index contributed by atoms with van der Waals surface area (Å²) in [7, 11) is 4.61. The van der Waals surface area contributed by atoms with Gasteiger partial charge in [0.05, 0.1) is 31.9 Å². The van der Waals surface area contributed by atoms with Gasteiger partial charge in [-0.2, -0.15) is 0 Å². The number of ether oxygens (including phenoxy) is 3. The molecule has 1 amide bonds. The highest BCUT2D eigenvalue weighted by Gasteiger charge is 2.24. The molecule has 1 aliphatic heterocycles. The van der Waals surface area contributed by atoms with E-state index in [1.807, 2.05) is 18.2 Å². The van der Waals surface area contributed by atoms with Gasteiger partial charge in [-0.1, -0.05) is 0 Å². The SMILES string of the molecule is COc1cc(N=C2NC(=O)S/C2=C\c2ccncc2)cc(OC)c1OC. The molecule has 1 fully saturated rings. The largest absolute Gasteiger partial charge is 0.493 e. The van der Waals surface area contributed by atoms with Crippen LogP contribution in [0, 0.1) is 0 Å². The van der Waals surface area contributed by atoms with Crippen LogP contribution in [-0.2, 0) is 0 Å². The number of amides is 1. The number of thioether (sulfide) groups is 1. The zero-order valence-electron chi connectivity index (χ0n) is 14.5. The van der Waals surface area contributed by atoms with Crippen LogP contribution in [0.4, 0.5) is 10.5 Å².